The Hall–Kier alpha value is -3.45. The van der Waals surface area contributed by atoms with Crippen LogP contribution in [0.25, 0.3) is 5.69 Å². The van der Waals surface area contributed by atoms with Gasteiger partial charge in [-0.3, -0.25) is 14.2 Å². The molecule has 0 aliphatic carbocycles. The van der Waals surface area contributed by atoms with E-state index in [-0.39, 0.29) is 55.7 Å². The third kappa shape index (κ3) is 8.05. The van der Waals surface area contributed by atoms with E-state index in [1.165, 1.54) is 29.3 Å². The number of carbonyl (C=O) groups is 2. The maximum absolute atomic E-state index is 13.6. The van der Waals surface area contributed by atoms with Crippen molar-refractivity contribution < 1.29 is 22.8 Å². The van der Waals surface area contributed by atoms with Gasteiger partial charge in [0.15, 0.2) is 0 Å². The topological polar surface area (TPSA) is 134 Å². The Balaban J connectivity index is 2.16. The number of rotatable bonds is 13. The molecule has 0 spiro atoms. The molecule has 2 amide bonds. The van der Waals surface area contributed by atoms with Crippen LogP contribution >= 0.6 is 0 Å². The molecule has 0 bridgehead atoms. The summed E-state index contributed by atoms with van der Waals surface area (Å²) >= 11 is 0. The zero-order valence-corrected chi connectivity index (χ0v) is 20.5. The second kappa shape index (κ2) is 12.5. The van der Waals surface area contributed by atoms with Crippen LogP contribution in [-0.2, 0) is 22.3 Å². The monoisotopic (exact) mass is 511 g/mol. The van der Waals surface area contributed by atoms with Crippen molar-refractivity contribution in [2.24, 2.45) is 5.73 Å². The lowest BCUT2D eigenvalue weighted by Crippen LogP contribution is -2.53. The number of nitrogens with zero attached hydrogens (tertiary/aromatic N) is 3. The van der Waals surface area contributed by atoms with Crippen LogP contribution in [-0.4, -0.2) is 65.0 Å². The van der Waals surface area contributed by atoms with Gasteiger partial charge in [-0.1, -0.05) is 13.0 Å². The molecule has 0 unspecified atom stereocenters. The lowest BCUT2D eigenvalue weighted by molar-refractivity contribution is -0.138. The van der Waals surface area contributed by atoms with Crippen molar-refractivity contribution in [2.45, 2.75) is 39.0 Å². The van der Waals surface area contributed by atoms with Crippen LogP contribution in [0.1, 0.15) is 31.9 Å². The molecule has 2 rings (SSSR count). The maximum atomic E-state index is 13.6. The first-order chi connectivity index (χ1) is 16.9. The van der Waals surface area contributed by atoms with E-state index in [0.717, 1.165) is 10.6 Å². The van der Waals surface area contributed by atoms with E-state index in [0.29, 0.717) is 13.0 Å². The normalized spacial score (nSPS) is 11.8. The Labute approximate surface area is 207 Å². The molecule has 2 aromatic rings. The van der Waals surface area contributed by atoms with Gasteiger partial charge in [-0.15, -0.1) is 0 Å². The summed E-state index contributed by atoms with van der Waals surface area (Å²) in [4.78, 5) is 41.0. The second-order valence-corrected chi connectivity index (χ2v) is 8.60. The molecule has 0 aliphatic rings. The summed E-state index contributed by atoms with van der Waals surface area (Å²) in [5, 5.41) is 8.28. The Kier molecular flexibility index (Phi) is 9.99. The highest BCUT2D eigenvalue weighted by Crippen LogP contribution is 2.33. The van der Waals surface area contributed by atoms with Gasteiger partial charge in [-0.05, 0) is 44.2 Å². The molecule has 0 fully saturated rings. The molecule has 198 valence electrons. The predicted octanol–water partition coefficient (Wildman–Crippen LogP) is 1.08. The molecule has 1 aromatic heterocycles. The van der Waals surface area contributed by atoms with Crippen molar-refractivity contribution in [1.82, 2.24) is 25.1 Å². The molecule has 10 nitrogen and oxygen atoms in total. The van der Waals surface area contributed by atoms with Crippen molar-refractivity contribution in [3.63, 3.8) is 0 Å². The van der Waals surface area contributed by atoms with Crippen molar-refractivity contribution >= 4 is 18.1 Å². The Morgan fingerprint density at radius 1 is 1.19 bits per heavy atom. The number of nitrogens with one attached hydrogen (secondary N) is 3. The standard InChI is InChI=1S/C23H32F3N7O3/c1-4-28-14-16-5-6-17(13-18(16)23(24,25)26)33-10-7-19(31-21(33)36)30-9-12-32(11-8-29-15-34)20(35)22(2,3)27/h5-7,10,13,15,28H,4,8-9,11-12,14,27H2,1-3H3,(H,29,34)(H,30,31,36). The molecule has 0 aliphatic heterocycles. The average molecular weight is 512 g/mol. The highest BCUT2D eigenvalue weighted by atomic mass is 19.4. The van der Waals surface area contributed by atoms with E-state index in [1.807, 2.05) is 0 Å². The molecule has 1 heterocycles. The van der Waals surface area contributed by atoms with Crippen molar-refractivity contribution in [2.75, 3.05) is 38.0 Å². The SMILES string of the molecule is CCNCc1ccc(-n2ccc(NCCN(CCNC=O)C(=O)C(C)(C)N)nc2=O)cc1C(F)(F)F. The van der Waals surface area contributed by atoms with Gasteiger partial charge in [-0.2, -0.15) is 18.2 Å². The molecule has 1 aromatic carbocycles. The molecule has 0 saturated heterocycles. The zero-order valence-electron chi connectivity index (χ0n) is 20.5. The molecular formula is C23H32F3N7O3. The molecule has 0 saturated carbocycles. The summed E-state index contributed by atoms with van der Waals surface area (Å²) in [5.74, 6) is -0.125. The summed E-state index contributed by atoms with van der Waals surface area (Å²) in [6.45, 7) is 6.41. The number of benzene rings is 1. The van der Waals surface area contributed by atoms with E-state index in [9.17, 15) is 27.6 Å². The van der Waals surface area contributed by atoms with Crippen molar-refractivity contribution in [1.29, 1.82) is 0 Å². The minimum absolute atomic E-state index is 0.0382. The number of nitrogens with two attached hydrogens (primary N) is 1. The average Bonchev–Trinajstić information content (AvgIpc) is 2.80. The molecule has 5 N–H and O–H groups in total. The van der Waals surface area contributed by atoms with E-state index in [1.54, 1.807) is 20.8 Å². The van der Waals surface area contributed by atoms with E-state index >= 15 is 0 Å². The van der Waals surface area contributed by atoms with E-state index in [2.05, 4.69) is 20.9 Å². The second-order valence-electron chi connectivity index (χ2n) is 8.60. The summed E-state index contributed by atoms with van der Waals surface area (Å²) in [5.41, 5.74) is 3.31. The number of anilines is 1. The summed E-state index contributed by atoms with van der Waals surface area (Å²) in [6.07, 6.45) is -2.72. The fraction of sp³-hybridized carbons (Fsp3) is 0.478. The number of halogens is 3. The zero-order chi connectivity index (χ0) is 26.9. The summed E-state index contributed by atoms with van der Waals surface area (Å²) < 4.78 is 41.7. The first kappa shape index (κ1) is 28.8. The molecule has 0 atom stereocenters. The first-order valence-corrected chi connectivity index (χ1v) is 11.4. The van der Waals surface area contributed by atoms with Crippen molar-refractivity contribution in [3.05, 3.63) is 52.1 Å². The highest BCUT2D eigenvalue weighted by Gasteiger charge is 2.33. The Morgan fingerprint density at radius 3 is 2.47 bits per heavy atom. The van der Waals surface area contributed by atoms with Crippen LogP contribution in [0.2, 0.25) is 0 Å². The number of amides is 2. The molecule has 36 heavy (non-hydrogen) atoms. The summed E-state index contributed by atoms with van der Waals surface area (Å²) in [7, 11) is 0. The third-order valence-corrected chi connectivity index (χ3v) is 5.18. The molecular weight excluding hydrogens is 479 g/mol. The van der Waals surface area contributed by atoms with Gasteiger partial charge in [-0.25, -0.2) is 4.79 Å². The molecule has 0 radical (unpaired) electrons. The van der Waals surface area contributed by atoms with Crippen molar-refractivity contribution in [3.8, 4) is 5.69 Å². The van der Waals surface area contributed by atoms with Gasteiger partial charge in [0.1, 0.15) is 5.82 Å². The van der Waals surface area contributed by atoms with Gasteiger partial charge < -0.3 is 26.6 Å². The van der Waals surface area contributed by atoms with Gasteiger partial charge in [0.05, 0.1) is 16.8 Å². The van der Waals surface area contributed by atoms with Gasteiger partial charge in [0.25, 0.3) is 0 Å². The van der Waals surface area contributed by atoms with Crippen LogP contribution in [0.3, 0.4) is 0 Å². The smallest absolute Gasteiger partial charge is 0.368 e. The number of hydrogen-bond acceptors (Lipinski definition) is 7. The number of aromatic nitrogens is 2. The quantitative estimate of drug-likeness (QED) is 0.234. The Bertz CT molecular complexity index is 1100. The van der Waals surface area contributed by atoms with Gasteiger partial charge >= 0.3 is 11.9 Å². The minimum atomic E-state index is -4.58. The number of carbonyl (C=O) groups excluding carboxylic acids is 2. The van der Waals surface area contributed by atoms with Crippen LogP contribution in [0.15, 0.2) is 35.3 Å². The fourth-order valence-corrected chi connectivity index (χ4v) is 3.39. The third-order valence-electron chi connectivity index (χ3n) is 5.18. The van der Waals surface area contributed by atoms with E-state index < -0.39 is 23.0 Å². The lowest BCUT2D eigenvalue weighted by atomic mass is 10.1. The van der Waals surface area contributed by atoms with Gasteiger partial charge in [0, 0.05) is 38.9 Å². The van der Waals surface area contributed by atoms with E-state index in [4.69, 9.17) is 5.73 Å². The van der Waals surface area contributed by atoms with Crippen LogP contribution in [0.5, 0.6) is 0 Å². The fourth-order valence-electron chi connectivity index (χ4n) is 3.39. The number of hydrogen-bond donors (Lipinski definition) is 4. The maximum Gasteiger partial charge on any atom is 0.416 e. The van der Waals surface area contributed by atoms with Crippen LogP contribution in [0, 0.1) is 0 Å². The van der Waals surface area contributed by atoms with Gasteiger partial charge in [0.2, 0.25) is 12.3 Å². The molecule has 13 heteroatoms. The minimum Gasteiger partial charge on any atom is -0.368 e. The van der Waals surface area contributed by atoms with Crippen LogP contribution < -0.4 is 27.4 Å². The highest BCUT2D eigenvalue weighted by molar-refractivity contribution is 5.85. The largest absolute Gasteiger partial charge is 0.416 e. The predicted molar refractivity (Wildman–Crippen MR) is 130 cm³/mol. The van der Waals surface area contributed by atoms with Crippen LogP contribution in [0.4, 0.5) is 19.0 Å². The summed E-state index contributed by atoms with van der Waals surface area (Å²) in [6, 6.07) is 5.15. The lowest BCUT2D eigenvalue weighted by Gasteiger charge is -2.29. The number of alkyl halides is 3. The first-order valence-electron chi connectivity index (χ1n) is 11.4. The Morgan fingerprint density at radius 2 is 1.89 bits per heavy atom.